The van der Waals surface area contributed by atoms with E-state index in [4.69, 9.17) is 9.47 Å². The fraction of sp³-hybridized carbons (Fsp3) is 0.636. The summed E-state index contributed by atoms with van der Waals surface area (Å²) in [5, 5.41) is 2.69. The molecule has 28 heavy (non-hydrogen) atoms. The highest BCUT2D eigenvalue weighted by atomic mass is 16.5. The van der Waals surface area contributed by atoms with Gasteiger partial charge in [0.05, 0.1) is 24.3 Å². The van der Waals surface area contributed by atoms with Gasteiger partial charge in [-0.25, -0.2) is 0 Å². The Morgan fingerprint density at radius 2 is 2.00 bits per heavy atom. The van der Waals surface area contributed by atoms with Crippen LogP contribution in [-0.2, 0) is 14.3 Å². The van der Waals surface area contributed by atoms with Gasteiger partial charge >= 0.3 is 0 Å². The first kappa shape index (κ1) is 19.2. The molecule has 6 heteroatoms. The summed E-state index contributed by atoms with van der Waals surface area (Å²) < 4.78 is 12.0. The third-order valence-electron chi connectivity index (χ3n) is 6.33. The van der Waals surface area contributed by atoms with Gasteiger partial charge in [-0.05, 0) is 63.5 Å². The lowest BCUT2D eigenvalue weighted by Crippen LogP contribution is -2.63. The van der Waals surface area contributed by atoms with Gasteiger partial charge in [0.15, 0.2) is 6.61 Å². The van der Waals surface area contributed by atoms with E-state index in [0.717, 1.165) is 12.3 Å². The molecule has 3 fully saturated rings. The predicted octanol–water partition coefficient (Wildman–Crippen LogP) is 2.38. The van der Waals surface area contributed by atoms with Crippen LogP contribution in [0.3, 0.4) is 0 Å². The van der Waals surface area contributed by atoms with Crippen LogP contribution < -0.4 is 10.1 Å². The van der Waals surface area contributed by atoms with Crippen LogP contribution in [0.5, 0.6) is 5.75 Å². The van der Waals surface area contributed by atoms with Crippen LogP contribution in [0.15, 0.2) is 30.3 Å². The molecule has 0 unspecified atom stereocenters. The van der Waals surface area contributed by atoms with Crippen LogP contribution in [0.4, 0.5) is 0 Å². The molecule has 0 radical (unpaired) electrons. The third-order valence-corrected chi connectivity index (χ3v) is 6.33. The second-order valence-electron chi connectivity index (χ2n) is 9.13. The summed E-state index contributed by atoms with van der Waals surface area (Å²) in [6.45, 7) is 5.23. The Bertz CT molecular complexity index is 735. The minimum Gasteiger partial charge on any atom is -0.484 e. The summed E-state index contributed by atoms with van der Waals surface area (Å²) in [7, 11) is 0. The van der Waals surface area contributed by atoms with Gasteiger partial charge in [-0.3, -0.25) is 9.59 Å². The monoisotopic (exact) mass is 386 g/mol. The maximum absolute atomic E-state index is 12.8. The lowest BCUT2D eigenvalue weighted by molar-refractivity contribution is -0.217. The first-order valence-corrected chi connectivity index (χ1v) is 10.3. The number of nitrogens with one attached hydrogen (secondary N) is 1. The third kappa shape index (κ3) is 4.02. The number of hydrogen-bond donors (Lipinski definition) is 1. The molecule has 2 aliphatic carbocycles. The van der Waals surface area contributed by atoms with Gasteiger partial charge in [-0.1, -0.05) is 18.2 Å². The molecule has 4 rings (SSSR count). The molecular formula is C22H30N2O4. The van der Waals surface area contributed by atoms with E-state index < -0.39 is 0 Å². The van der Waals surface area contributed by atoms with Crippen LogP contribution in [0.25, 0.3) is 0 Å². The van der Waals surface area contributed by atoms with Crippen LogP contribution in [-0.4, -0.2) is 54.2 Å². The molecule has 1 saturated heterocycles. The van der Waals surface area contributed by atoms with Crippen molar-refractivity contribution in [1.29, 1.82) is 0 Å². The summed E-state index contributed by atoms with van der Waals surface area (Å²) in [5.41, 5.74) is -0.556. The molecule has 1 spiro atoms. The van der Waals surface area contributed by atoms with Crippen molar-refractivity contribution in [3.05, 3.63) is 30.3 Å². The second-order valence-corrected chi connectivity index (χ2v) is 9.13. The second kappa shape index (κ2) is 7.39. The lowest BCUT2D eigenvalue weighted by Gasteiger charge is -2.52. The van der Waals surface area contributed by atoms with Crippen molar-refractivity contribution in [3.8, 4) is 5.75 Å². The Labute approximate surface area is 166 Å². The molecule has 3 aliphatic rings. The molecule has 2 bridgehead atoms. The first-order chi connectivity index (χ1) is 13.4. The summed E-state index contributed by atoms with van der Waals surface area (Å²) >= 11 is 0. The summed E-state index contributed by atoms with van der Waals surface area (Å²) in [5.74, 6) is 1.59. The fourth-order valence-corrected chi connectivity index (χ4v) is 5.34. The van der Waals surface area contributed by atoms with E-state index in [1.54, 1.807) is 12.1 Å². The molecular weight excluding hydrogens is 356 g/mol. The van der Waals surface area contributed by atoms with E-state index in [2.05, 4.69) is 19.2 Å². The topological polar surface area (TPSA) is 67.9 Å². The number of rotatable bonds is 5. The van der Waals surface area contributed by atoms with E-state index >= 15 is 0 Å². The van der Waals surface area contributed by atoms with E-state index in [1.807, 2.05) is 23.1 Å². The van der Waals surface area contributed by atoms with Gasteiger partial charge in [0.25, 0.3) is 5.91 Å². The maximum atomic E-state index is 12.8. The summed E-state index contributed by atoms with van der Waals surface area (Å²) in [6.07, 6.45) is 4.78. The molecule has 1 aromatic rings. The maximum Gasteiger partial charge on any atom is 0.258 e. The molecule has 1 aliphatic heterocycles. The summed E-state index contributed by atoms with van der Waals surface area (Å²) in [6, 6.07) is 9.18. The highest BCUT2D eigenvalue weighted by molar-refractivity contribution is 5.85. The number of ether oxygens (including phenoxy) is 2. The number of fused-ring (bicyclic) bond motifs is 3. The lowest BCUT2D eigenvalue weighted by atomic mass is 9.81. The average molecular weight is 386 g/mol. The molecule has 6 nitrogen and oxygen atoms in total. The zero-order chi connectivity index (χ0) is 19.8. The first-order valence-electron chi connectivity index (χ1n) is 10.3. The van der Waals surface area contributed by atoms with E-state index in [-0.39, 0.29) is 36.2 Å². The van der Waals surface area contributed by atoms with Crippen molar-refractivity contribution in [1.82, 2.24) is 10.2 Å². The number of amides is 2. The highest BCUT2D eigenvalue weighted by Gasteiger charge is 2.57. The van der Waals surface area contributed by atoms with Crippen LogP contribution in [0.2, 0.25) is 0 Å². The van der Waals surface area contributed by atoms with Gasteiger partial charge in [-0.2, -0.15) is 0 Å². The van der Waals surface area contributed by atoms with Crippen molar-refractivity contribution in [2.75, 3.05) is 26.2 Å². The molecule has 2 saturated carbocycles. The van der Waals surface area contributed by atoms with Crippen LogP contribution >= 0.6 is 0 Å². The molecule has 0 aromatic heterocycles. The van der Waals surface area contributed by atoms with Crippen molar-refractivity contribution < 1.29 is 19.1 Å². The zero-order valence-corrected chi connectivity index (χ0v) is 16.8. The Morgan fingerprint density at radius 3 is 2.68 bits per heavy atom. The van der Waals surface area contributed by atoms with E-state index in [0.29, 0.717) is 24.8 Å². The number of hydrogen-bond acceptors (Lipinski definition) is 4. The molecule has 1 heterocycles. The Balaban J connectivity index is 1.30. The van der Waals surface area contributed by atoms with Crippen molar-refractivity contribution in [2.24, 2.45) is 11.8 Å². The predicted molar refractivity (Wildman–Crippen MR) is 105 cm³/mol. The largest absolute Gasteiger partial charge is 0.484 e. The van der Waals surface area contributed by atoms with Crippen LogP contribution in [0, 0.1) is 11.8 Å². The number of carbonyl (C=O) groups excluding carboxylic acids is 2. The van der Waals surface area contributed by atoms with Gasteiger partial charge in [0.2, 0.25) is 5.91 Å². The van der Waals surface area contributed by atoms with Gasteiger partial charge < -0.3 is 19.7 Å². The number of benzene rings is 1. The number of para-hydroxylation sites is 1. The number of morpholine rings is 1. The Morgan fingerprint density at radius 1 is 1.21 bits per heavy atom. The molecule has 152 valence electrons. The molecule has 3 atom stereocenters. The number of nitrogens with zero attached hydrogens (tertiary/aromatic N) is 1. The van der Waals surface area contributed by atoms with E-state index in [1.165, 1.54) is 19.3 Å². The fourth-order valence-electron chi connectivity index (χ4n) is 5.34. The van der Waals surface area contributed by atoms with Crippen LogP contribution in [0.1, 0.15) is 39.5 Å². The Kier molecular flexibility index (Phi) is 5.08. The molecule has 2 amide bonds. The quantitative estimate of drug-likeness (QED) is 0.844. The van der Waals surface area contributed by atoms with Gasteiger partial charge in [-0.15, -0.1) is 0 Å². The van der Waals surface area contributed by atoms with Gasteiger partial charge in [0.1, 0.15) is 5.75 Å². The minimum atomic E-state index is -0.362. The van der Waals surface area contributed by atoms with Crippen molar-refractivity contribution in [2.45, 2.75) is 50.7 Å². The minimum absolute atomic E-state index is 0.00274. The standard InChI is InChI=1S/C22H30N2O4/c1-21(2)14-24(15-22(28-21)11-16-8-9-17(22)10-16)20(26)12-23-19(25)13-27-18-6-4-3-5-7-18/h3-7,16-17H,8-15H2,1-2H3,(H,23,25)/t16-,17+,22+/m1/s1. The van der Waals surface area contributed by atoms with Crippen molar-refractivity contribution in [3.63, 3.8) is 0 Å². The Hall–Kier alpha value is -2.08. The summed E-state index contributed by atoms with van der Waals surface area (Å²) in [4.78, 5) is 26.8. The highest BCUT2D eigenvalue weighted by Crippen LogP contribution is 2.55. The van der Waals surface area contributed by atoms with Crippen molar-refractivity contribution >= 4 is 11.8 Å². The SMILES string of the molecule is CC1(C)CN(C(=O)CNC(=O)COc2ccccc2)C[C@]2(C[C@@H]3CC[C@H]2C3)O1. The zero-order valence-electron chi connectivity index (χ0n) is 16.8. The normalized spacial score (nSPS) is 30.4. The number of carbonyl (C=O) groups is 2. The molecule has 1 N–H and O–H groups in total. The smallest absolute Gasteiger partial charge is 0.258 e. The van der Waals surface area contributed by atoms with Gasteiger partial charge in [0, 0.05) is 6.54 Å². The molecule has 1 aromatic carbocycles. The van der Waals surface area contributed by atoms with E-state index in [9.17, 15) is 9.59 Å². The average Bonchev–Trinajstić information content (AvgIpc) is 3.24.